The highest BCUT2D eigenvalue weighted by Gasteiger charge is 2.69. The number of amides is 1. The van der Waals surface area contributed by atoms with E-state index in [-0.39, 0.29) is 46.3 Å². The fourth-order valence-corrected chi connectivity index (χ4v) is 4.63. The highest BCUT2D eigenvalue weighted by atomic mass is 35.5. The Bertz CT molecular complexity index is 1010. The number of aliphatic hydroxyl groups is 1. The number of nitrogens with zero attached hydrogens (tertiary/aromatic N) is 4. The quantitative estimate of drug-likeness (QED) is 0.339. The van der Waals surface area contributed by atoms with Crippen LogP contribution >= 0.6 is 11.6 Å². The van der Waals surface area contributed by atoms with Gasteiger partial charge in [0.2, 0.25) is 11.9 Å². The molecule has 1 amide bonds. The Morgan fingerprint density at radius 3 is 2.91 bits per heavy atom. The second-order valence-corrected chi connectivity index (χ2v) is 9.11. The Kier molecular flexibility index (Phi) is 5.95. The summed E-state index contributed by atoms with van der Waals surface area (Å²) in [5.41, 5.74) is 6.50. The summed E-state index contributed by atoms with van der Waals surface area (Å²) in [5, 5.41) is 16.0. The van der Waals surface area contributed by atoms with Crippen LogP contribution in [-0.4, -0.2) is 58.5 Å². The third-order valence-electron chi connectivity index (χ3n) is 6.24. The number of aliphatic hydroxyl groups excluding tert-OH is 1. The predicted octanol–water partition coefficient (Wildman–Crippen LogP) is 1.51. The molecule has 0 unspecified atom stereocenters. The Labute approximate surface area is 190 Å². The minimum absolute atomic E-state index is 0.0339. The first-order valence-corrected chi connectivity index (χ1v) is 10.9. The molecule has 172 valence electrons. The molecule has 5 N–H and O–H groups in total. The van der Waals surface area contributed by atoms with Crippen molar-refractivity contribution in [1.82, 2.24) is 15.3 Å². The smallest absolute Gasteiger partial charge is 0.229 e. The molecule has 0 aromatic carbocycles. The van der Waals surface area contributed by atoms with Crippen LogP contribution in [0.25, 0.3) is 0 Å². The third-order valence-corrected chi connectivity index (χ3v) is 6.55. The van der Waals surface area contributed by atoms with Gasteiger partial charge in [-0.1, -0.05) is 11.6 Å². The van der Waals surface area contributed by atoms with Crippen LogP contribution in [0.15, 0.2) is 33.7 Å². The monoisotopic (exact) mass is 463 g/mol. The number of halogens is 2. The van der Waals surface area contributed by atoms with Crippen LogP contribution in [-0.2, 0) is 4.79 Å². The largest absolute Gasteiger partial charge is 0.387 e. The van der Waals surface area contributed by atoms with Gasteiger partial charge in [0, 0.05) is 36.7 Å². The Balaban J connectivity index is 1.48. The summed E-state index contributed by atoms with van der Waals surface area (Å²) in [4.78, 5) is 26.1. The predicted molar refractivity (Wildman–Crippen MR) is 121 cm³/mol. The fourth-order valence-electron chi connectivity index (χ4n) is 4.25. The minimum Gasteiger partial charge on any atom is -0.387 e. The zero-order chi connectivity index (χ0) is 23.2. The Morgan fingerprint density at radius 2 is 2.28 bits per heavy atom. The van der Waals surface area contributed by atoms with E-state index in [9.17, 15) is 14.3 Å². The molecule has 2 saturated carbocycles. The van der Waals surface area contributed by atoms with Gasteiger partial charge in [-0.2, -0.15) is 4.98 Å². The number of anilines is 2. The van der Waals surface area contributed by atoms with Crippen molar-refractivity contribution in [3.05, 3.63) is 34.5 Å². The lowest BCUT2D eigenvalue weighted by Crippen LogP contribution is -2.48. The molecule has 2 aliphatic carbocycles. The summed E-state index contributed by atoms with van der Waals surface area (Å²) < 4.78 is 14.6. The van der Waals surface area contributed by atoms with Gasteiger partial charge in [0.1, 0.15) is 0 Å². The van der Waals surface area contributed by atoms with E-state index in [1.54, 1.807) is 17.9 Å². The van der Waals surface area contributed by atoms with Gasteiger partial charge in [-0.15, -0.1) is 0 Å². The van der Waals surface area contributed by atoms with Gasteiger partial charge in [-0.05, 0) is 39.5 Å². The van der Waals surface area contributed by atoms with E-state index >= 15 is 0 Å². The van der Waals surface area contributed by atoms with Crippen LogP contribution in [0, 0.1) is 17.7 Å². The molecule has 0 spiro atoms. The molecule has 32 heavy (non-hydrogen) atoms. The van der Waals surface area contributed by atoms with Crippen molar-refractivity contribution in [3.8, 4) is 0 Å². The standard InChI is InChI=1S/C21H27ClFN7O2/c1-10(6-14(22)16(25-3)11(2)31)27-20-26-7-15(23)18(28-20)30-8-13-17(24)21(13,9-30)29-19(32)12-4-5-12/h6-7,11-13,17,31H,3-5,8-9,24H2,1-2H3,(H,29,32)(H,26,27,28)/b10-6+,16-14+/t11-,13-,17+,21+/m0/s1. The zero-order valence-electron chi connectivity index (χ0n) is 18.0. The zero-order valence-corrected chi connectivity index (χ0v) is 18.7. The molecule has 1 saturated heterocycles. The number of allylic oxidation sites excluding steroid dienone is 3. The molecule has 1 aromatic rings. The molecule has 1 aliphatic heterocycles. The van der Waals surface area contributed by atoms with Crippen molar-refractivity contribution in [2.75, 3.05) is 23.3 Å². The van der Waals surface area contributed by atoms with Crippen molar-refractivity contribution in [3.63, 3.8) is 0 Å². The maximum Gasteiger partial charge on any atom is 0.229 e. The van der Waals surface area contributed by atoms with Gasteiger partial charge in [0.15, 0.2) is 11.6 Å². The number of carbonyl (C=O) groups is 1. The topological polar surface area (TPSA) is 129 Å². The summed E-state index contributed by atoms with van der Waals surface area (Å²) in [6.45, 7) is 7.57. The molecule has 1 aromatic heterocycles. The lowest BCUT2D eigenvalue weighted by atomic mass is 10.2. The van der Waals surface area contributed by atoms with Crippen LogP contribution in [0.1, 0.15) is 26.7 Å². The third kappa shape index (κ3) is 4.22. The average Bonchev–Trinajstić information content (AvgIpc) is 3.61. The van der Waals surface area contributed by atoms with Crippen LogP contribution < -0.4 is 21.3 Å². The van der Waals surface area contributed by atoms with E-state index < -0.39 is 17.5 Å². The summed E-state index contributed by atoms with van der Waals surface area (Å²) in [6, 6.07) is -0.135. The van der Waals surface area contributed by atoms with Gasteiger partial charge in [0.05, 0.1) is 28.6 Å². The maximum absolute atomic E-state index is 14.6. The molecule has 4 rings (SSSR count). The van der Waals surface area contributed by atoms with Crippen LogP contribution in [0.5, 0.6) is 0 Å². The lowest BCUT2D eigenvalue weighted by Gasteiger charge is -2.25. The highest BCUT2D eigenvalue weighted by Crippen LogP contribution is 2.50. The van der Waals surface area contributed by atoms with E-state index in [4.69, 9.17) is 17.3 Å². The maximum atomic E-state index is 14.6. The van der Waals surface area contributed by atoms with Gasteiger partial charge in [0.25, 0.3) is 0 Å². The van der Waals surface area contributed by atoms with E-state index in [0.29, 0.717) is 18.8 Å². The number of piperidine rings is 1. The molecule has 11 heteroatoms. The molecule has 4 atom stereocenters. The second-order valence-electron chi connectivity index (χ2n) is 8.70. The summed E-state index contributed by atoms with van der Waals surface area (Å²) >= 11 is 6.20. The number of aliphatic imine (C=N–C) groups is 1. The molecule has 0 radical (unpaired) electrons. The molecular weight excluding hydrogens is 437 g/mol. The van der Waals surface area contributed by atoms with Crippen LogP contribution in [0.3, 0.4) is 0 Å². The van der Waals surface area contributed by atoms with Crippen LogP contribution in [0.2, 0.25) is 0 Å². The first-order chi connectivity index (χ1) is 15.2. The van der Waals surface area contributed by atoms with Crippen molar-refractivity contribution in [2.24, 2.45) is 22.6 Å². The number of hydrogen-bond acceptors (Lipinski definition) is 8. The molecule has 2 heterocycles. The van der Waals surface area contributed by atoms with Gasteiger partial charge >= 0.3 is 0 Å². The normalized spacial score (nSPS) is 28.6. The van der Waals surface area contributed by atoms with Crippen molar-refractivity contribution in [1.29, 1.82) is 0 Å². The van der Waals surface area contributed by atoms with Crippen molar-refractivity contribution >= 4 is 36.0 Å². The van der Waals surface area contributed by atoms with E-state index in [0.717, 1.165) is 19.0 Å². The number of nitrogens with two attached hydrogens (primary N) is 1. The average molecular weight is 464 g/mol. The van der Waals surface area contributed by atoms with Gasteiger partial charge < -0.3 is 26.4 Å². The number of carbonyl (C=O) groups excluding carboxylic acids is 1. The van der Waals surface area contributed by atoms with Crippen molar-refractivity contribution < 1.29 is 14.3 Å². The number of hydrogen-bond donors (Lipinski definition) is 4. The Hall–Kier alpha value is -2.56. The van der Waals surface area contributed by atoms with Crippen molar-refractivity contribution in [2.45, 2.75) is 44.4 Å². The first kappa shape index (κ1) is 22.6. The number of aromatic nitrogens is 2. The Morgan fingerprint density at radius 1 is 1.56 bits per heavy atom. The molecule has 0 bridgehead atoms. The summed E-state index contributed by atoms with van der Waals surface area (Å²) in [6.07, 6.45) is 3.60. The highest BCUT2D eigenvalue weighted by molar-refractivity contribution is 6.31. The number of nitrogens with one attached hydrogen (secondary N) is 2. The van der Waals surface area contributed by atoms with E-state index in [2.05, 4.69) is 32.3 Å². The van der Waals surface area contributed by atoms with E-state index in [1.165, 1.54) is 6.92 Å². The lowest BCUT2D eigenvalue weighted by molar-refractivity contribution is -0.123. The minimum atomic E-state index is -0.876. The summed E-state index contributed by atoms with van der Waals surface area (Å²) in [5.74, 6) is -0.0430. The number of rotatable bonds is 8. The van der Waals surface area contributed by atoms with Gasteiger partial charge in [-0.25, -0.2) is 9.37 Å². The first-order valence-electron chi connectivity index (χ1n) is 10.5. The SMILES string of the molecule is C=N/C(=C(Cl)\C=C(/C)Nc1ncc(F)c(N2C[C@H]3[C@@H](N)[C@@]3(NC(=O)C3CC3)C2)n1)[C@H](C)O. The fraction of sp³-hybridized carbons (Fsp3) is 0.524. The summed E-state index contributed by atoms with van der Waals surface area (Å²) in [7, 11) is 0. The number of fused-ring (bicyclic) bond motifs is 1. The van der Waals surface area contributed by atoms with E-state index in [1.807, 2.05) is 0 Å². The molecular formula is C21H27ClFN7O2. The molecule has 3 aliphatic rings. The molecule has 9 nitrogen and oxygen atoms in total. The van der Waals surface area contributed by atoms with Crippen LogP contribution in [0.4, 0.5) is 16.2 Å². The second kappa shape index (κ2) is 8.42. The molecule has 3 fully saturated rings. The van der Waals surface area contributed by atoms with Gasteiger partial charge in [-0.3, -0.25) is 9.79 Å².